The number of piperidine rings is 1. The first-order valence-electron chi connectivity index (χ1n) is 13.6. The minimum Gasteiger partial charge on any atom is -0.376 e. The number of halogens is 2. The molecule has 1 saturated heterocycles. The predicted molar refractivity (Wildman–Crippen MR) is 175 cm³/mol. The molecule has 0 radical (unpaired) electrons. The van der Waals surface area contributed by atoms with Crippen molar-refractivity contribution >= 4 is 69.5 Å². The Labute approximate surface area is 264 Å². The molecule has 3 N–H and O–H groups in total. The standard InChI is InChI=1S/C31H31Cl2N5O2S2/c32-26-10-9-21(15-27(26)33)18-38-13-11-24(12-14-38)35-30(40)20-42-31-37-28(19-41-31)22-5-4-8-25(16-22)36-29(39)17-34-23-6-2-1-3-7-23/h1-10,15-16,19,24,34H,11-14,17-18,20H2,(H,35,40)(H,36,39). The predicted octanol–water partition coefficient (Wildman–Crippen LogP) is 7.04. The first kappa shape index (κ1) is 30.4. The summed E-state index contributed by atoms with van der Waals surface area (Å²) in [5, 5.41) is 12.3. The Hall–Kier alpha value is -3.08. The number of amides is 2. The van der Waals surface area contributed by atoms with E-state index in [4.69, 9.17) is 28.2 Å². The normalized spacial score (nSPS) is 14.0. The number of likely N-dealkylation sites (tertiary alicyclic amines) is 1. The maximum absolute atomic E-state index is 12.7. The first-order chi connectivity index (χ1) is 20.4. The number of anilines is 2. The molecular formula is C31H31Cl2N5O2S2. The number of benzene rings is 3. The quantitative estimate of drug-likeness (QED) is 0.153. The molecule has 0 saturated carbocycles. The highest BCUT2D eigenvalue weighted by molar-refractivity contribution is 8.01. The van der Waals surface area contributed by atoms with Crippen molar-refractivity contribution in [3.8, 4) is 11.3 Å². The highest BCUT2D eigenvalue weighted by atomic mass is 35.5. The summed E-state index contributed by atoms with van der Waals surface area (Å²) in [5.74, 6) is 0.211. The SMILES string of the molecule is O=C(CNc1ccccc1)Nc1cccc(-c2csc(SCC(=O)NC3CCN(Cc4ccc(Cl)c(Cl)c4)CC3)n2)c1. The lowest BCUT2D eigenvalue weighted by Gasteiger charge is -2.32. The molecule has 42 heavy (non-hydrogen) atoms. The number of thioether (sulfide) groups is 1. The molecule has 2 heterocycles. The Morgan fingerprint density at radius 1 is 0.929 bits per heavy atom. The van der Waals surface area contributed by atoms with Crippen LogP contribution in [-0.4, -0.2) is 53.1 Å². The van der Waals surface area contributed by atoms with Crippen LogP contribution < -0.4 is 16.0 Å². The molecule has 1 aliphatic rings. The van der Waals surface area contributed by atoms with Gasteiger partial charge in [-0.25, -0.2) is 4.98 Å². The van der Waals surface area contributed by atoms with Gasteiger partial charge in [0, 0.05) is 48.0 Å². The van der Waals surface area contributed by atoms with Gasteiger partial charge in [-0.1, -0.05) is 71.4 Å². The maximum atomic E-state index is 12.7. The third-order valence-corrected chi connectivity index (χ3v) is 9.58. The van der Waals surface area contributed by atoms with Gasteiger partial charge < -0.3 is 16.0 Å². The molecule has 2 amide bonds. The lowest BCUT2D eigenvalue weighted by molar-refractivity contribution is -0.119. The van der Waals surface area contributed by atoms with Gasteiger partial charge in [-0.3, -0.25) is 14.5 Å². The molecule has 218 valence electrons. The average Bonchev–Trinajstić information content (AvgIpc) is 3.48. The van der Waals surface area contributed by atoms with Crippen molar-refractivity contribution in [1.29, 1.82) is 0 Å². The fraction of sp³-hybridized carbons (Fsp3) is 0.258. The number of nitrogens with zero attached hydrogens (tertiary/aromatic N) is 2. The van der Waals surface area contributed by atoms with Gasteiger partial charge in [0.2, 0.25) is 11.8 Å². The van der Waals surface area contributed by atoms with Gasteiger partial charge in [-0.15, -0.1) is 11.3 Å². The van der Waals surface area contributed by atoms with Crippen molar-refractivity contribution in [3.63, 3.8) is 0 Å². The van der Waals surface area contributed by atoms with Crippen LogP contribution in [0.2, 0.25) is 10.0 Å². The molecule has 0 bridgehead atoms. The van der Waals surface area contributed by atoms with Crippen LogP contribution in [0.1, 0.15) is 18.4 Å². The molecule has 0 aliphatic carbocycles. The number of rotatable bonds is 11. The van der Waals surface area contributed by atoms with Crippen molar-refractivity contribution in [3.05, 3.63) is 93.8 Å². The van der Waals surface area contributed by atoms with Gasteiger partial charge in [0.05, 0.1) is 28.0 Å². The van der Waals surface area contributed by atoms with Crippen LogP contribution >= 0.6 is 46.3 Å². The smallest absolute Gasteiger partial charge is 0.243 e. The fourth-order valence-electron chi connectivity index (χ4n) is 4.68. The molecular weight excluding hydrogens is 609 g/mol. The second kappa shape index (κ2) is 14.9. The van der Waals surface area contributed by atoms with E-state index in [2.05, 4.69) is 20.9 Å². The van der Waals surface area contributed by atoms with E-state index in [0.717, 1.165) is 59.3 Å². The zero-order valence-electron chi connectivity index (χ0n) is 22.8. The number of carbonyl (C=O) groups is 2. The third kappa shape index (κ3) is 8.96. The molecule has 1 fully saturated rings. The summed E-state index contributed by atoms with van der Waals surface area (Å²) in [6, 6.07) is 23.2. The van der Waals surface area contributed by atoms with Crippen LogP contribution in [0.15, 0.2) is 82.5 Å². The molecule has 0 unspecified atom stereocenters. The lowest BCUT2D eigenvalue weighted by Crippen LogP contribution is -2.44. The summed E-state index contributed by atoms with van der Waals surface area (Å²) in [5.41, 5.74) is 4.46. The van der Waals surface area contributed by atoms with E-state index in [1.165, 1.54) is 23.1 Å². The lowest BCUT2D eigenvalue weighted by atomic mass is 10.0. The van der Waals surface area contributed by atoms with E-state index >= 15 is 0 Å². The van der Waals surface area contributed by atoms with Gasteiger partial charge in [0.25, 0.3) is 0 Å². The number of nitrogens with one attached hydrogen (secondary N) is 3. The monoisotopic (exact) mass is 639 g/mol. The molecule has 1 aliphatic heterocycles. The first-order valence-corrected chi connectivity index (χ1v) is 16.3. The van der Waals surface area contributed by atoms with Crippen LogP contribution in [-0.2, 0) is 16.1 Å². The van der Waals surface area contributed by atoms with Crippen molar-refractivity contribution in [2.24, 2.45) is 0 Å². The van der Waals surface area contributed by atoms with Gasteiger partial charge in [0.15, 0.2) is 4.34 Å². The van der Waals surface area contributed by atoms with Gasteiger partial charge >= 0.3 is 0 Å². The zero-order valence-corrected chi connectivity index (χ0v) is 26.0. The summed E-state index contributed by atoms with van der Waals surface area (Å²) < 4.78 is 0.832. The van der Waals surface area contributed by atoms with E-state index in [-0.39, 0.29) is 24.4 Å². The molecule has 0 atom stereocenters. The largest absolute Gasteiger partial charge is 0.376 e. The van der Waals surface area contributed by atoms with Crippen molar-refractivity contribution < 1.29 is 9.59 Å². The number of thiazole rings is 1. The van der Waals surface area contributed by atoms with Gasteiger partial charge in [0.1, 0.15) is 0 Å². The van der Waals surface area contributed by atoms with Crippen LogP contribution in [0.25, 0.3) is 11.3 Å². The van der Waals surface area contributed by atoms with Crippen molar-refractivity contribution in [1.82, 2.24) is 15.2 Å². The summed E-state index contributed by atoms with van der Waals surface area (Å²) in [6.45, 7) is 2.82. The van der Waals surface area contributed by atoms with Gasteiger partial charge in [-0.2, -0.15) is 0 Å². The zero-order chi connectivity index (χ0) is 29.3. The fourth-order valence-corrected chi connectivity index (χ4v) is 6.65. The summed E-state index contributed by atoms with van der Waals surface area (Å²) in [6.07, 6.45) is 1.82. The highest BCUT2D eigenvalue weighted by Crippen LogP contribution is 2.30. The van der Waals surface area contributed by atoms with Crippen molar-refractivity contribution in [2.45, 2.75) is 29.8 Å². The Morgan fingerprint density at radius 3 is 2.50 bits per heavy atom. The minimum atomic E-state index is -0.131. The minimum absolute atomic E-state index is 0.0218. The second-order valence-corrected chi connectivity index (χ2v) is 12.9. The Balaban J connectivity index is 1.04. The van der Waals surface area contributed by atoms with E-state index < -0.39 is 0 Å². The van der Waals surface area contributed by atoms with Crippen LogP contribution in [0.4, 0.5) is 11.4 Å². The molecule has 3 aromatic carbocycles. The van der Waals surface area contributed by atoms with E-state index in [1.807, 2.05) is 78.2 Å². The summed E-state index contributed by atoms with van der Waals surface area (Å²) in [4.78, 5) is 32.1. The van der Waals surface area contributed by atoms with Crippen molar-refractivity contribution in [2.75, 3.05) is 36.0 Å². The van der Waals surface area contributed by atoms with E-state index in [0.29, 0.717) is 21.5 Å². The topological polar surface area (TPSA) is 86.4 Å². The molecule has 5 rings (SSSR count). The number of carbonyl (C=O) groups excluding carboxylic acids is 2. The number of hydrogen-bond donors (Lipinski definition) is 3. The molecule has 11 heteroatoms. The molecule has 1 aromatic heterocycles. The highest BCUT2D eigenvalue weighted by Gasteiger charge is 2.21. The number of para-hydroxylation sites is 1. The van der Waals surface area contributed by atoms with Crippen LogP contribution in [0, 0.1) is 0 Å². The van der Waals surface area contributed by atoms with Crippen LogP contribution in [0.5, 0.6) is 0 Å². The average molecular weight is 641 g/mol. The van der Waals surface area contributed by atoms with E-state index in [9.17, 15) is 9.59 Å². The maximum Gasteiger partial charge on any atom is 0.243 e. The Bertz CT molecular complexity index is 1510. The van der Waals surface area contributed by atoms with Crippen LogP contribution in [0.3, 0.4) is 0 Å². The number of hydrogen-bond acceptors (Lipinski definition) is 7. The molecule has 0 spiro atoms. The summed E-state index contributed by atoms with van der Waals surface area (Å²) in [7, 11) is 0. The molecule has 4 aromatic rings. The second-order valence-electron chi connectivity index (χ2n) is 10.0. The Kier molecular flexibility index (Phi) is 10.8. The third-order valence-electron chi connectivity index (χ3n) is 6.82. The Morgan fingerprint density at radius 2 is 1.71 bits per heavy atom. The van der Waals surface area contributed by atoms with E-state index in [1.54, 1.807) is 0 Å². The summed E-state index contributed by atoms with van der Waals surface area (Å²) >= 11 is 15.1. The number of aromatic nitrogens is 1. The molecule has 7 nitrogen and oxygen atoms in total. The van der Waals surface area contributed by atoms with Gasteiger partial charge in [-0.05, 0) is 54.8 Å².